The topological polar surface area (TPSA) is 97.3 Å². The van der Waals surface area contributed by atoms with E-state index in [-0.39, 0.29) is 6.54 Å². The first kappa shape index (κ1) is 19.1. The van der Waals surface area contributed by atoms with Crippen LogP contribution in [0.5, 0.6) is 11.5 Å². The van der Waals surface area contributed by atoms with Gasteiger partial charge in [0.15, 0.2) is 0 Å². The molecule has 0 aromatic heterocycles. The zero-order valence-corrected chi connectivity index (χ0v) is 14.1. The van der Waals surface area contributed by atoms with E-state index < -0.39 is 23.9 Å². The van der Waals surface area contributed by atoms with E-state index in [0.29, 0.717) is 17.1 Å². The summed E-state index contributed by atoms with van der Waals surface area (Å²) >= 11 is 0. The van der Waals surface area contributed by atoms with Gasteiger partial charge >= 0.3 is 6.09 Å². The second-order valence-electron chi connectivity index (χ2n) is 6.04. The van der Waals surface area contributed by atoms with Gasteiger partial charge < -0.3 is 29.7 Å². The summed E-state index contributed by atoms with van der Waals surface area (Å²) < 4.78 is 15.3. The number of ether oxygens (including phenoxy) is 3. The van der Waals surface area contributed by atoms with Crippen LogP contribution >= 0.6 is 0 Å². The van der Waals surface area contributed by atoms with Crippen LogP contribution in [0, 0.1) is 0 Å². The molecule has 0 aliphatic carbocycles. The van der Waals surface area contributed by atoms with E-state index in [2.05, 4.69) is 5.32 Å². The molecule has 0 aliphatic rings. The molecule has 1 aromatic rings. The maximum Gasteiger partial charge on any atom is 0.407 e. The fourth-order valence-corrected chi connectivity index (χ4v) is 1.84. The van der Waals surface area contributed by atoms with E-state index in [4.69, 9.17) is 14.2 Å². The van der Waals surface area contributed by atoms with Crippen LogP contribution in [0.3, 0.4) is 0 Å². The van der Waals surface area contributed by atoms with E-state index >= 15 is 0 Å². The van der Waals surface area contributed by atoms with Gasteiger partial charge in [-0.2, -0.15) is 0 Å². The lowest BCUT2D eigenvalue weighted by Gasteiger charge is -2.22. The third kappa shape index (κ3) is 6.33. The van der Waals surface area contributed by atoms with Crippen molar-refractivity contribution >= 4 is 6.09 Å². The van der Waals surface area contributed by atoms with Gasteiger partial charge in [0.25, 0.3) is 0 Å². The molecule has 2 atom stereocenters. The molecule has 0 bridgehead atoms. The molecule has 1 amide bonds. The summed E-state index contributed by atoms with van der Waals surface area (Å²) in [6, 6.07) is 4.83. The number of hydrogen-bond acceptors (Lipinski definition) is 6. The van der Waals surface area contributed by atoms with Crippen molar-refractivity contribution in [3.8, 4) is 11.5 Å². The largest absolute Gasteiger partial charge is 0.497 e. The van der Waals surface area contributed by atoms with Crippen LogP contribution in [0.2, 0.25) is 0 Å². The predicted molar refractivity (Wildman–Crippen MR) is 84.7 cm³/mol. The number of hydrogen-bond donors (Lipinski definition) is 3. The van der Waals surface area contributed by atoms with Crippen molar-refractivity contribution in [3.63, 3.8) is 0 Å². The maximum atomic E-state index is 11.6. The molecule has 7 nitrogen and oxygen atoms in total. The standard InChI is InChI=1S/C16H25NO6/c1-16(2,3)23-15(20)17-9-13(18)14(19)10-6-11(21-4)8-12(7-10)22-5/h6-8,13-14,18-19H,9H2,1-5H3,(H,17,20). The second-order valence-corrected chi connectivity index (χ2v) is 6.04. The molecule has 3 N–H and O–H groups in total. The molecular weight excluding hydrogens is 302 g/mol. The summed E-state index contributed by atoms with van der Waals surface area (Å²) in [5.74, 6) is 0.983. The van der Waals surface area contributed by atoms with Crippen molar-refractivity contribution in [3.05, 3.63) is 23.8 Å². The highest BCUT2D eigenvalue weighted by atomic mass is 16.6. The number of carbonyl (C=O) groups is 1. The molecule has 0 saturated heterocycles. The number of benzene rings is 1. The molecule has 0 aliphatic heterocycles. The summed E-state index contributed by atoms with van der Waals surface area (Å²) in [7, 11) is 2.98. The molecule has 1 aromatic carbocycles. The van der Waals surface area contributed by atoms with Crippen molar-refractivity contribution in [2.75, 3.05) is 20.8 Å². The van der Waals surface area contributed by atoms with Gasteiger partial charge in [0.05, 0.1) is 14.2 Å². The zero-order chi connectivity index (χ0) is 17.6. The Hall–Kier alpha value is -1.99. The number of carbonyl (C=O) groups excluding carboxylic acids is 1. The van der Waals surface area contributed by atoms with Crippen LogP contribution in [-0.4, -0.2) is 48.8 Å². The first-order chi connectivity index (χ1) is 10.7. The average molecular weight is 327 g/mol. The van der Waals surface area contributed by atoms with Gasteiger partial charge in [0.1, 0.15) is 29.3 Å². The number of methoxy groups -OCH3 is 2. The SMILES string of the molecule is COc1cc(OC)cc(C(O)C(O)CNC(=O)OC(C)(C)C)c1. The second kappa shape index (κ2) is 8.03. The van der Waals surface area contributed by atoms with Crippen LogP contribution in [0.4, 0.5) is 4.79 Å². The summed E-state index contributed by atoms with van der Waals surface area (Å²) in [5.41, 5.74) is -0.215. The number of rotatable bonds is 6. The van der Waals surface area contributed by atoms with Crippen molar-refractivity contribution in [1.82, 2.24) is 5.32 Å². The number of nitrogens with one attached hydrogen (secondary N) is 1. The highest BCUT2D eigenvalue weighted by molar-refractivity contribution is 5.67. The quantitative estimate of drug-likeness (QED) is 0.735. The van der Waals surface area contributed by atoms with Gasteiger partial charge in [-0.25, -0.2) is 4.79 Å². The third-order valence-corrected chi connectivity index (χ3v) is 2.93. The van der Waals surface area contributed by atoms with Crippen molar-refractivity contribution < 1.29 is 29.2 Å². The monoisotopic (exact) mass is 327 g/mol. The zero-order valence-electron chi connectivity index (χ0n) is 14.1. The third-order valence-electron chi connectivity index (χ3n) is 2.93. The predicted octanol–water partition coefficient (Wildman–Crippen LogP) is 1.62. The highest BCUT2D eigenvalue weighted by Gasteiger charge is 2.22. The fraction of sp³-hybridized carbons (Fsp3) is 0.562. The van der Waals surface area contributed by atoms with Crippen molar-refractivity contribution in [1.29, 1.82) is 0 Å². The molecule has 0 saturated carbocycles. The molecule has 1 rings (SSSR count). The van der Waals surface area contributed by atoms with Crippen LogP contribution in [0.25, 0.3) is 0 Å². The maximum absolute atomic E-state index is 11.6. The van der Waals surface area contributed by atoms with Gasteiger partial charge in [-0.3, -0.25) is 0 Å². The van der Waals surface area contributed by atoms with Crippen LogP contribution < -0.4 is 14.8 Å². The summed E-state index contributed by atoms with van der Waals surface area (Å²) in [4.78, 5) is 11.6. The minimum absolute atomic E-state index is 0.157. The van der Waals surface area contributed by atoms with Gasteiger partial charge in [-0.15, -0.1) is 0 Å². The van der Waals surface area contributed by atoms with E-state index in [9.17, 15) is 15.0 Å². The van der Waals surface area contributed by atoms with E-state index in [0.717, 1.165) is 0 Å². The highest BCUT2D eigenvalue weighted by Crippen LogP contribution is 2.27. The number of aliphatic hydroxyl groups excluding tert-OH is 2. The van der Waals surface area contributed by atoms with Crippen molar-refractivity contribution in [2.24, 2.45) is 0 Å². The van der Waals surface area contributed by atoms with Crippen molar-refractivity contribution in [2.45, 2.75) is 38.6 Å². The fourth-order valence-electron chi connectivity index (χ4n) is 1.84. The Morgan fingerprint density at radius 3 is 2.09 bits per heavy atom. The lowest BCUT2D eigenvalue weighted by atomic mass is 10.0. The number of amides is 1. The summed E-state index contributed by atoms with van der Waals surface area (Å²) in [5, 5.41) is 22.7. The van der Waals surface area contributed by atoms with Crippen LogP contribution in [0.1, 0.15) is 32.4 Å². The Morgan fingerprint density at radius 1 is 1.13 bits per heavy atom. The molecule has 0 spiro atoms. The molecule has 2 unspecified atom stereocenters. The summed E-state index contributed by atoms with van der Waals surface area (Å²) in [6.45, 7) is 5.05. The van der Waals surface area contributed by atoms with Gasteiger partial charge in [-0.1, -0.05) is 0 Å². The van der Waals surface area contributed by atoms with Crippen LogP contribution in [0.15, 0.2) is 18.2 Å². The Bertz CT molecular complexity index is 504. The Morgan fingerprint density at radius 2 is 1.65 bits per heavy atom. The smallest absolute Gasteiger partial charge is 0.407 e. The van der Waals surface area contributed by atoms with Gasteiger partial charge in [0, 0.05) is 12.6 Å². The van der Waals surface area contributed by atoms with E-state index in [1.807, 2.05) is 0 Å². The van der Waals surface area contributed by atoms with Gasteiger partial charge in [-0.05, 0) is 38.5 Å². The molecule has 0 fully saturated rings. The first-order valence-corrected chi connectivity index (χ1v) is 7.22. The minimum atomic E-state index is -1.21. The Balaban J connectivity index is 2.69. The number of aliphatic hydroxyl groups is 2. The Kier molecular flexibility index (Phi) is 6.65. The lowest BCUT2D eigenvalue weighted by Crippen LogP contribution is -2.38. The molecular formula is C16H25NO6. The van der Waals surface area contributed by atoms with E-state index in [1.54, 1.807) is 39.0 Å². The lowest BCUT2D eigenvalue weighted by molar-refractivity contribution is 0.0127. The van der Waals surface area contributed by atoms with Gasteiger partial charge in [0.2, 0.25) is 0 Å². The first-order valence-electron chi connectivity index (χ1n) is 7.22. The molecule has 130 valence electrons. The summed E-state index contributed by atoms with van der Waals surface area (Å²) in [6.07, 6.45) is -3.08. The number of alkyl carbamates (subject to hydrolysis) is 1. The molecule has 23 heavy (non-hydrogen) atoms. The molecule has 7 heteroatoms. The molecule has 0 radical (unpaired) electrons. The molecule has 0 heterocycles. The Labute approximate surface area is 136 Å². The van der Waals surface area contributed by atoms with Crippen LogP contribution in [-0.2, 0) is 4.74 Å². The van der Waals surface area contributed by atoms with E-state index in [1.165, 1.54) is 14.2 Å². The normalized spacial score (nSPS) is 13.9. The average Bonchev–Trinajstić information content (AvgIpc) is 2.49. The minimum Gasteiger partial charge on any atom is -0.497 e.